The third-order valence-electron chi connectivity index (χ3n) is 2.67. The van der Waals surface area contributed by atoms with E-state index < -0.39 is 0 Å². The van der Waals surface area contributed by atoms with E-state index in [0.29, 0.717) is 6.42 Å². The lowest BCUT2D eigenvalue weighted by Gasteiger charge is -2.04. The Morgan fingerprint density at radius 2 is 2.12 bits per heavy atom. The number of benzene rings is 1. The summed E-state index contributed by atoms with van der Waals surface area (Å²) in [6.07, 6.45) is 4.72. The lowest BCUT2D eigenvalue weighted by Crippen LogP contribution is -1.95. The molecule has 2 aromatic rings. The molecule has 0 saturated heterocycles. The predicted molar refractivity (Wildman–Crippen MR) is 66.4 cm³/mol. The van der Waals surface area contributed by atoms with E-state index in [1.165, 1.54) is 10.9 Å². The van der Waals surface area contributed by atoms with E-state index in [4.69, 9.17) is 16.9 Å². The monoisotopic (exact) mass is 232 g/mol. The lowest BCUT2D eigenvalue weighted by atomic mass is 10.2. The van der Waals surface area contributed by atoms with E-state index in [0.717, 1.165) is 24.4 Å². The van der Waals surface area contributed by atoms with Gasteiger partial charge in [0.2, 0.25) is 0 Å². The summed E-state index contributed by atoms with van der Waals surface area (Å²) in [6.45, 7) is 0.965. The van der Waals surface area contributed by atoms with E-state index in [2.05, 4.69) is 22.9 Å². The molecule has 1 aromatic heterocycles. The molecule has 0 radical (unpaired) electrons. The zero-order valence-corrected chi connectivity index (χ0v) is 9.74. The van der Waals surface area contributed by atoms with Gasteiger partial charge in [0.25, 0.3) is 0 Å². The number of fused-ring (bicyclic) bond motifs is 1. The molecule has 16 heavy (non-hydrogen) atoms. The van der Waals surface area contributed by atoms with Crippen molar-refractivity contribution in [3.63, 3.8) is 0 Å². The predicted octanol–water partition coefficient (Wildman–Crippen LogP) is 3.99. The number of unbranched alkanes of at least 4 members (excludes halogenated alkanes) is 2. The Hall–Kier alpha value is -1.46. The fraction of sp³-hybridized carbons (Fsp3) is 0.308. The van der Waals surface area contributed by atoms with Crippen molar-refractivity contribution in [2.45, 2.75) is 25.8 Å². The van der Waals surface area contributed by atoms with Crippen LogP contribution in [-0.2, 0) is 6.54 Å². The van der Waals surface area contributed by atoms with Crippen LogP contribution in [0.15, 0.2) is 30.5 Å². The fourth-order valence-corrected chi connectivity index (χ4v) is 2.03. The van der Waals surface area contributed by atoms with Gasteiger partial charge >= 0.3 is 0 Å². The third kappa shape index (κ3) is 2.37. The molecule has 0 bridgehead atoms. The average Bonchev–Trinajstić information content (AvgIpc) is 2.67. The molecule has 0 unspecified atom stereocenters. The van der Waals surface area contributed by atoms with Crippen molar-refractivity contribution in [1.29, 1.82) is 5.26 Å². The molecule has 3 heteroatoms. The number of aromatic nitrogens is 1. The molecule has 2 rings (SSSR count). The summed E-state index contributed by atoms with van der Waals surface area (Å²) in [7, 11) is 0. The zero-order chi connectivity index (χ0) is 11.4. The Balaban J connectivity index is 2.10. The molecule has 1 heterocycles. The third-order valence-corrected chi connectivity index (χ3v) is 2.91. The van der Waals surface area contributed by atoms with Crippen molar-refractivity contribution < 1.29 is 0 Å². The lowest BCUT2D eigenvalue weighted by molar-refractivity contribution is 0.632. The van der Waals surface area contributed by atoms with Crippen molar-refractivity contribution in [2.75, 3.05) is 0 Å². The van der Waals surface area contributed by atoms with Crippen molar-refractivity contribution >= 4 is 22.5 Å². The van der Waals surface area contributed by atoms with Gasteiger partial charge < -0.3 is 4.57 Å². The van der Waals surface area contributed by atoms with Crippen LogP contribution in [0.25, 0.3) is 10.9 Å². The smallest absolute Gasteiger partial charge is 0.0621 e. The molecule has 0 saturated carbocycles. The Labute approximate surface area is 100 Å². The maximum Gasteiger partial charge on any atom is 0.0621 e. The molecule has 1 aromatic carbocycles. The first-order valence-corrected chi connectivity index (χ1v) is 5.80. The zero-order valence-electron chi connectivity index (χ0n) is 8.99. The summed E-state index contributed by atoms with van der Waals surface area (Å²) >= 11 is 5.93. The largest absolute Gasteiger partial charge is 0.347 e. The highest BCUT2D eigenvalue weighted by Gasteiger charge is 2.00. The van der Waals surface area contributed by atoms with Gasteiger partial charge in [-0.3, -0.25) is 0 Å². The van der Waals surface area contributed by atoms with Crippen molar-refractivity contribution in [1.82, 2.24) is 4.57 Å². The maximum absolute atomic E-state index is 8.45. The first kappa shape index (κ1) is 11.0. The summed E-state index contributed by atoms with van der Waals surface area (Å²) in [4.78, 5) is 0. The van der Waals surface area contributed by atoms with Crippen molar-refractivity contribution in [3.05, 3.63) is 35.5 Å². The van der Waals surface area contributed by atoms with Gasteiger partial charge in [0.1, 0.15) is 0 Å². The Morgan fingerprint density at radius 1 is 1.25 bits per heavy atom. The quantitative estimate of drug-likeness (QED) is 0.733. The van der Waals surface area contributed by atoms with Crippen LogP contribution in [0, 0.1) is 11.3 Å². The minimum absolute atomic E-state index is 0.644. The summed E-state index contributed by atoms with van der Waals surface area (Å²) in [5.74, 6) is 0. The SMILES string of the molecule is N#CCCCCn1ccc2cc(Cl)ccc21. The second-order valence-electron chi connectivity index (χ2n) is 3.83. The van der Waals surface area contributed by atoms with Crippen LogP contribution in [0.5, 0.6) is 0 Å². The highest BCUT2D eigenvalue weighted by Crippen LogP contribution is 2.20. The fourth-order valence-electron chi connectivity index (χ4n) is 1.85. The molecule has 2 nitrogen and oxygen atoms in total. The van der Waals surface area contributed by atoms with Gasteiger partial charge in [0.05, 0.1) is 6.07 Å². The average molecular weight is 233 g/mol. The minimum Gasteiger partial charge on any atom is -0.347 e. The molecule has 0 spiro atoms. The maximum atomic E-state index is 8.45. The van der Waals surface area contributed by atoms with Gasteiger partial charge in [-0.1, -0.05) is 11.6 Å². The molecule has 0 aliphatic carbocycles. The molecule has 0 fully saturated rings. The van der Waals surface area contributed by atoms with E-state index in [9.17, 15) is 0 Å². The standard InChI is InChI=1S/C13H13ClN2/c14-12-4-5-13-11(10-12)6-9-16(13)8-3-1-2-7-15/h4-6,9-10H,1-3,8H2. The molecule has 0 aliphatic rings. The van der Waals surface area contributed by atoms with E-state index >= 15 is 0 Å². The Bertz CT molecular complexity index is 522. The van der Waals surface area contributed by atoms with Crippen LogP contribution in [0.4, 0.5) is 0 Å². The molecule has 82 valence electrons. The van der Waals surface area contributed by atoms with Crippen LogP contribution in [-0.4, -0.2) is 4.57 Å². The summed E-state index contributed by atoms with van der Waals surface area (Å²) in [6, 6.07) is 10.2. The molecule has 0 N–H and O–H groups in total. The number of nitrogens with zero attached hydrogens (tertiary/aromatic N) is 2. The second-order valence-corrected chi connectivity index (χ2v) is 4.26. The van der Waals surface area contributed by atoms with Crippen molar-refractivity contribution in [3.8, 4) is 6.07 Å². The van der Waals surface area contributed by atoms with E-state index in [-0.39, 0.29) is 0 Å². The number of hydrogen-bond acceptors (Lipinski definition) is 1. The molecule has 0 atom stereocenters. The Kier molecular flexibility index (Phi) is 3.48. The molecular formula is C13H13ClN2. The summed E-state index contributed by atoms with van der Waals surface area (Å²) in [5, 5.41) is 10.4. The van der Waals surface area contributed by atoms with Crippen LogP contribution in [0.3, 0.4) is 0 Å². The number of nitriles is 1. The van der Waals surface area contributed by atoms with Gasteiger partial charge in [-0.15, -0.1) is 0 Å². The highest BCUT2D eigenvalue weighted by molar-refractivity contribution is 6.31. The van der Waals surface area contributed by atoms with E-state index in [1.54, 1.807) is 0 Å². The normalized spacial score (nSPS) is 10.5. The van der Waals surface area contributed by atoms with Crippen LogP contribution in [0.1, 0.15) is 19.3 Å². The van der Waals surface area contributed by atoms with Gasteiger partial charge in [0.15, 0.2) is 0 Å². The first-order valence-electron chi connectivity index (χ1n) is 5.42. The van der Waals surface area contributed by atoms with Gasteiger partial charge in [-0.2, -0.15) is 5.26 Å². The van der Waals surface area contributed by atoms with Gasteiger partial charge in [-0.25, -0.2) is 0 Å². The first-order chi connectivity index (χ1) is 7.81. The van der Waals surface area contributed by atoms with Crippen LogP contribution >= 0.6 is 11.6 Å². The molecule has 0 aliphatic heterocycles. The van der Waals surface area contributed by atoms with Crippen molar-refractivity contribution in [2.24, 2.45) is 0 Å². The highest BCUT2D eigenvalue weighted by atomic mass is 35.5. The van der Waals surface area contributed by atoms with E-state index in [1.807, 2.05) is 18.2 Å². The minimum atomic E-state index is 0.644. The molecular weight excluding hydrogens is 220 g/mol. The van der Waals surface area contributed by atoms with Gasteiger partial charge in [0, 0.05) is 35.1 Å². The number of hydrogen-bond donors (Lipinski definition) is 0. The number of halogens is 1. The Morgan fingerprint density at radius 3 is 2.94 bits per heavy atom. The topological polar surface area (TPSA) is 28.7 Å². The summed E-state index contributed by atoms with van der Waals surface area (Å²) in [5.41, 5.74) is 1.21. The number of aryl methyl sites for hydroxylation is 1. The van der Waals surface area contributed by atoms with Gasteiger partial charge in [-0.05, 0) is 37.1 Å². The summed E-state index contributed by atoms with van der Waals surface area (Å²) < 4.78 is 2.21. The molecule has 0 amide bonds. The second kappa shape index (κ2) is 5.05. The van der Waals surface area contributed by atoms with Crippen LogP contribution in [0.2, 0.25) is 5.02 Å². The van der Waals surface area contributed by atoms with Crippen LogP contribution < -0.4 is 0 Å². The number of rotatable bonds is 4.